The van der Waals surface area contributed by atoms with Crippen molar-refractivity contribution < 1.29 is 14.3 Å². The summed E-state index contributed by atoms with van der Waals surface area (Å²) in [5, 5.41) is 2.84. The number of carbonyl (C=O) groups is 2. The monoisotopic (exact) mass is 372 g/mol. The first-order valence-electron chi connectivity index (χ1n) is 9.85. The lowest BCUT2D eigenvalue weighted by Crippen LogP contribution is -2.38. The van der Waals surface area contributed by atoms with Crippen molar-refractivity contribution in [3.8, 4) is 0 Å². The molecule has 0 radical (unpaired) electrons. The molecule has 0 spiro atoms. The third-order valence-electron chi connectivity index (χ3n) is 5.16. The Morgan fingerprint density at radius 2 is 1.96 bits per heavy atom. The number of rotatable bonds is 7. The van der Waals surface area contributed by atoms with E-state index in [0.717, 1.165) is 19.3 Å². The second-order valence-corrected chi connectivity index (χ2v) is 7.13. The quantitative estimate of drug-likeness (QED) is 0.584. The van der Waals surface area contributed by atoms with Crippen LogP contribution in [0.3, 0.4) is 0 Å². The lowest BCUT2D eigenvalue weighted by Gasteiger charge is -2.30. The van der Waals surface area contributed by atoms with Crippen LogP contribution >= 0.6 is 0 Å². The van der Waals surface area contributed by atoms with Crippen molar-refractivity contribution in [2.75, 3.05) is 31.1 Å². The van der Waals surface area contributed by atoms with Gasteiger partial charge in [-0.25, -0.2) is 9.97 Å². The number of amides is 1. The number of nitrogens with zero attached hydrogens (tertiary/aromatic N) is 3. The summed E-state index contributed by atoms with van der Waals surface area (Å²) in [6.07, 6.45) is 12.8. The molecule has 0 bridgehead atoms. The summed E-state index contributed by atoms with van der Waals surface area (Å²) in [5.74, 6) is 0.0191. The van der Waals surface area contributed by atoms with Crippen molar-refractivity contribution in [2.45, 2.75) is 44.9 Å². The van der Waals surface area contributed by atoms with Gasteiger partial charge in [0.15, 0.2) is 6.61 Å². The van der Waals surface area contributed by atoms with Crippen molar-refractivity contribution >= 4 is 17.8 Å². The Bertz CT molecular complexity index is 654. The maximum absolute atomic E-state index is 12.2. The van der Waals surface area contributed by atoms with Gasteiger partial charge in [0.1, 0.15) is 0 Å². The highest BCUT2D eigenvalue weighted by Gasteiger charge is 2.27. The van der Waals surface area contributed by atoms with Gasteiger partial charge in [-0.05, 0) is 51.0 Å². The van der Waals surface area contributed by atoms with E-state index in [0.29, 0.717) is 38.4 Å². The SMILES string of the molecule is O=C(COC(=O)C1CCN(c2ncccn2)CC1)NCCC1=CCCCC1. The molecule has 1 fully saturated rings. The summed E-state index contributed by atoms with van der Waals surface area (Å²) in [4.78, 5) is 34.6. The fourth-order valence-electron chi connectivity index (χ4n) is 3.57. The number of carbonyl (C=O) groups excluding carboxylic acids is 2. The van der Waals surface area contributed by atoms with E-state index >= 15 is 0 Å². The molecule has 3 rings (SSSR count). The van der Waals surface area contributed by atoms with Crippen LogP contribution in [0.25, 0.3) is 0 Å². The molecule has 0 aromatic carbocycles. The number of hydrogen-bond donors (Lipinski definition) is 1. The fraction of sp³-hybridized carbons (Fsp3) is 0.600. The first kappa shape index (κ1) is 19.3. The highest BCUT2D eigenvalue weighted by atomic mass is 16.5. The zero-order valence-corrected chi connectivity index (χ0v) is 15.7. The predicted octanol–water partition coefficient (Wildman–Crippen LogP) is 2.24. The van der Waals surface area contributed by atoms with Gasteiger partial charge in [0, 0.05) is 32.0 Å². The molecule has 1 aliphatic carbocycles. The first-order valence-corrected chi connectivity index (χ1v) is 9.85. The number of nitrogens with one attached hydrogen (secondary N) is 1. The zero-order valence-electron chi connectivity index (χ0n) is 15.7. The molecule has 1 aliphatic heterocycles. The third kappa shape index (κ3) is 6.05. The molecule has 1 saturated heterocycles. The first-order chi connectivity index (χ1) is 13.2. The fourth-order valence-corrected chi connectivity index (χ4v) is 3.57. The molecule has 1 aromatic rings. The molecule has 0 atom stereocenters. The van der Waals surface area contributed by atoms with Crippen molar-refractivity contribution in [2.24, 2.45) is 5.92 Å². The number of hydrogen-bond acceptors (Lipinski definition) is 6. The Kier molecular flexibility index (Phi) is 7.19. The van der Waals surface area contributed by atoms with E-state index in [1.54, 1.807) is 18.5 Å². The standard InChI is InChI=1S/C20H28N4O3/c25-18(21-12-7-16-5-2-1-3-6-16)15-27-19(26)17-8-13-24(14-9-17)20-22-10-4-11-23-20/h4-5,10-11,17H,1-3,6-9,12-15H2,(H,21,25). The van der Waals surface area contributed by atoms with Gasteiger partial charge < -0.3 is 15.0 Å². The Balaban J connectivity index is 1.31. The lowest BCUT2D eigenvalue weighted by atomic mass is 9.97. The van der Waals surface area contributed by atoms with Crippen LogP contribution in [0.4, 0.5) is 5.95 Å². The van der Waals surface area contributed by atoms with Crippen LogP contribution < -0.4 is 10.2 Å². The zero-order chi connectivity index (χ0) is 18.9. The van der Waals surface area contributed by atoms with Crippen molar-refractivity contribution in [3.05, 3.63) is 30.1 Å². The molecule has 7 nitrogen and oxygen atoms in total. The van der Waals surface area contributed by atoms with Crippen LogP contribution in [-0.4, -0.2) is 48.1 Å². The van der Waals surface area contributed by atoms with Gasteiger partial charge in [0.05, 0.1) is 5.92 Å². The molecular weight excluding hydrogens is 344 g/mol. The number of esters is 1. The van der Waals surface area contributed by atoms with E-state index in [9.17, 15) is 9.59 Å². The minimum absolute atomic E-state index is 0.162. The Labute approximate surface area is 160 Å². The number of piperidine rings is 1. The summed E-state index contributed by atoms with van der Waals surface area (Å²) >= 11 is 0. The van der Waals surface area contributed by atoms with E-state index in [-0.39, 0.29) is 24.4 Å². The van der Waals surface area contributed by atoms with Gasteiger partial charge in [0.25, 0.3) is 5.91 Å². The van der Waals surface area contributed by atoms with E-state index in [1.165, 1.54) is 18.4 Å². The molecule has 1 amide bonds. The second kappa shape index (κ2) is 10.0. The van der Waals surface area contributed by atoms with Crippen LogP contribution in [-0.2, 0) is 14.3 Å². The normalized spacial score (nSPS) is 17.9. The van der Waals surface area contributed by atoms with E-state index in [4.69, 9.17) is 4.74 Å². The number of allylic oxidation sites excluding steroid dienone is 1. The van der Waals surface area contributed by atoms with Gasteiger partial charge in [-0.15, -0.1) is 0 Å². The summed E-state index contributed by atoms with van der Waals surface area (Å²) < 4.78 is 5.21. The minimum Gasteiger partial charge on any atom is -0.455 e. The highest BCUT2D eigenvalue weighted by molar-refractivity contribution is 5.81. The number of aromatic nitrogens is 2. The number of anilines is 1. The van der Waals surface area contributed by atoms with Crippen LogP contribution in [0.15, 0.2) is 30.1 Å². The van der Waals surface area contributed by atoms with Crippen molar-refractivity contribution in [1.82, 2.24) is 15.3 Å². The third-order valence-corrected chi connectivity index (χ3v) is 5.16. The molecule has 0 saturated carbocycles. The van der Waals surface area contributed by atoms with E-state index in [1.807, 2.05) is 0 Å². The largest absolute Gasteiger partial charge is 0.455 e. The van der Waals surface area contributed by atoms with E-state index in [2.05, 4.69) is 26.3 Å². The summed E-state index contributed by atoms with van der Waals surface area (Å²) in [7, 11) is 0. The van der Waals surface area contributed by atoms with Crippen LogP contribution in [0.5, 0.6) is 0 Å². The smallest absolute Gasteiger partial charge is 0.309 e. The molecule has 1 N–H and O–H groups in total. The highest BCUT2D eigenvalue weighted by Crippen LogP contribution is 2.21. The summed E-state index contributed by atoms with van der Waals surface area (Å²) in [6.45, 7) is 1.84. The maximum Gasteiger partial charge on any atom is 0.309 e. The summed E-state index contributed by atoms with van der Waals surface area (Å²) in [6, 6.07) is 1.78. The number of ether oxygens (including phenoxy) is 1. The molecule has 27 heavy (non-hydrogen) atoms. The van der Waals surface area contributed by atoms with Gasteiger partial charge in [-0.2, -0.15) is 0 Å². The summed E-state index contributed by atoms with van der Waals surface area (Å²) in [5.41, 5.74) is 1.42. The Morgan fingerprint density at radius 3 is 2.67 bits per heavy atom. The average molecular weight is 372 g/mol. The van der Waals surface area contributed by atoms with E-state index < -0.39 is 0 Å². The van der Waals surface area contributed by atoms with Crippen LogP contribution in [0.2, 0.25) is 0 Å². The Morgan fingerprint density at radius 1 is 1.19 bits per heavy atom. The van der Waals surface area contributed by atoms with Crippen molar-refractivity contribution in [3.63, 3.8) is 0 Å². The second-order valence-electron chi connectivity index (χ2n) is 7.13. The molecule has 1 aromatic heterocycles. The Hall–Kier alpha value is -2.44. The van der Waals surface area contributed by atoms with Gasteiger partial charge >= 0.3 is 5.97 Å². The van der Waals surface area contributed by atoms with Gasteiger partial charge in [-0.3, -0.25) is 9.59 Å². The average Bonchev–Trinajstić information content (AvgIpc) is 2.73. The molecule has 2 aliphatic rings. The lowest BCUT2D eigenvalue weighted by molar-refractivity contribution is -0.153. The van der Waals surface area contributed by atoms with Crippen LogP contribution in [0, 0.1) is 5.92 Å². The maximum atomic E-state index is 12.2. The molecule has 7 heteroatoms. The van der Waals surface area contributed by atoms with Gasteiger partial charge in [-0.1, -0.05) is 11.6 Å². The molecule has 2 heterocycles. The predicted molar refractivity (Wildman–Crippen MR) is 102 cm³/mol. The van der Waals surface area contributed by atoms with Crippen LogP contribution in [0.1, 0.15) is 44.9 Å². The van der Waals surface area contributed by atoms with Gasteiger partial charge in [0.2, 0.25) is 5.95 Å². The minimum atomic E-state index is -0.284. The molecule has 146 valence electrons. The molecular formula is C20H28N4O3. The van der Waals surface area contributed by atoms with Crippen molar-refractivity contribution in [1.29, 1.82) is 0 Å². The molecule has 0 unspecified atom stereocenters. The topological polar surface area (TPSA) is 84.4 Å².